The summed E-state index contributed by atoms with van der Waals surface area (Å²) in [4.78, 5) is 23.6. The Labute approximate surface area is 113 Å². The first-order valence-corrected chi connectivity index (χ1v) is 6.50. The molecule has 1 saturated carbocycles. The summed E-state index contributed by atoms with van der Waals surface area (Å²) in [6.45, 7) is 6.11. The molecular formula is C15H20N2O2. The van der Waals surface area contributed by atoms with E-state index in [-0.39, 0.29) is 17.2 Å². The fourth-order valence-corrected chi connectivity index (χ4v) is 2.79. The van der Waals surface area contributed by atoms with Crippen LogP contribution in [0.3, 0.4) is 0 Å². The number of primary amides is 1. The average Bonchev–Trinajstić information content (AvgIpc) is 2.25. The molecule has 0 aliphatic heterocycles. The van der Waals surface area contributed by atoms with Crippen molar-refractivity contribution in [2.45, 2.75) is 33.6 Å². The minimum absolute atomic E-state index is 0.0209. The fraction of sp³-hybridized carbons (Fsp3) is 0.467. The first-order chi connectivity index (χ1) is 8.80. The largest absolute Gasteiger partial charge is 0.366 e. The van der Waals surface area contributed by atoms with Crippen LogP contribution in [0, 0.1) is 18.3 Å². The van der Waals surface area contributed by atoms with E-state index in [0.717, 1.165) is 18.4 Å². The summed E-state index contributed by atoms with van der Waals surface area (Å²) in [6.07, 6.45) is 1.77. The second kappa shape index (κ2) is 4.68. The highest BCUT2D eigenvalue weighted by Crippen LogP contribution is 2.45. The number of rotatable bonds is 3. The molecule has 102 valence electrons. The molecule has 0 radical (unpaired) electrons. The first-order valence-electron chi connectivity index (χ1n) is 6.50. The van der Waals surface area contributed by atoms with E-state index in [2.05, 4.69) is 19.2 Å². The van der Waals surface area contributed by atoms with Crippen molar-refractivity contribution in [3.05, 3.63) is 29.3 Å². The number of hydrogen-bond acceptors (Lipinski definition) is 2. The van der Waals surface area contributed by atoms with Crippen LogP contribution in [0.4, 0.5) is 5.69 Å². The van der Waals surface area contributed by atoms with Crippen molar-refractivity contribution in [1.29, 1.82) is 0 Å². The monoisotopic (exact) mass is 260 g/mol. The van der Waals surface area contributed by atoms with Gasteiger partial charge in [0.05, 0.1) is 11.3 Å². The summed E-state index contributed by atoms with van der Waals surface area (Å²) in [5.41, 5.74) is 7.31. The number of carbonyl (C=O) groups is 2. The third-order valence-electron chi connectivity index (χ3n) is 3.75. The van der Waals surface area contributed by atoms with E-state index in [0.29, 0.717) is 11.3 Å². The molecule has 3 N–H and O–H groups in total. The Balaban J connectivity index is 2.14. The maximum absolute atomic E-state index is 12.1. The van der Waals surface area contributed by atoms with Crippen LogP contribution in [0.2, 0.25) is 0 Å². The SMILES string of the molecule is Cc1cccc(NC(=O)C2CC(C)(C)C2)c1C(N)=O. The lowest BCUT2D eigenvalue weighted by Crippen LogP contribution is -2.39. The van der Waals surface area contributed by atoms with Gasteiger partial charge in [-0.05, 0) is 36.8 Å². The van der Waals surface area contributed by atoms with Crippen molar-refractivity contribution in [3.8, 4) is 0 Å². The summed E-state index contributed by atoms with van der Waals surface area (Å²) in [5.74, 6) is -0.494. The van der Waals surface area contributed by atoms with Gasteiger partial charge in [0, 0.05) is 5.92 Å². The molecule has 1 aromatic rings. The maximum atomic E-state index is 12.1. The molecule has 0 aromatic heterocycles. The Kier molecular flexibility index (Phi) is 3.35. The van der Waals surface area contributed by atoms with E-state index < -0.39 is 5.91 Å². The number of nitrogens with two attached hydrogens (primary N) is 1. The van der Waals surface area contributed by atoms with Crippen LogP contribution in [-0.2, 0) is 4.79 Å². The van der Waals surface area contributed by atoms with Crippen molar-refractivity contribution in [2.75, 3.05) is 5.32 Å². The van der Waals surface area contributed by atoms with Crippen molar-refractivity contribution >= 4 is 17.5 Å². The average molecular weight is 260 g/mol. The van der Waals surface area contributed by atoms with Gasteiger partial charge in [-0.25, -0.2) is 0 Å². The predicted octanol–water partition coefficient (Wildman–Crippen LogP) is 2.47. The lowest BCUT2D eigenvalue weighted by molar-refractivity contribution is -0.126. The number of benzene rings is 1. The fourth-order valence-electron chi connectivity index (χ4n) is 2.79. The van der Waals surface area contributed by atoms with E-state index in [1.54, 1.807) is 6.07 Å². The van der Waals surface area contributed by atoms with Crippen molar-refractivity contribution in [3.63, 3.8) is 0 Å². The topological polar surface area (TPSA) is 72.2 Å². The smallest absolute Gasteiger partial charge is 0.251 e. The summed E-state index contributed by atoms with van der Waals surface area (Å²) in [7, 11) is 0. The molecule has 1 fully saturated rings. The van der Waals surface area contributed by atoms with Gasteiger partial charge in [-0.2, -0.15) is 0 Å². The van der Waals surface area contributed by atoms with Crippen LogP contribution in [0.5, 0.6) is 0 Å². The lowest BCUT2D eigenvalue weighted by Gasteiger charge is -2.41. The quantitative estimate of drug-likeness (QED) is 0.876. The number of nitrogens with one attached hydrogen (secondary N) is 1. The molecule has 2 amide bonds. The van der Waals surface area contributed by atoms with E-state index in [4.69, 9.17) is 5.73 Å². The zero-order valence-corrected chi connectivity index (χ0v) is 11.6. The highest BCUT2D eigenvalue weighted by atomic mass is 16.2. The Morgan fingerprint density at radius 1 is 1.32 bits per heavy atom. The van der Waals surface area contributed by atoms with Gasteiger partial charge in [0.2, 0.25) is 5.91 Å². The highest BCUT2D eigenvalue weighted by molar-refractivity contribution is 6.04. The van der Waals surface area contributed by atoms with Gasteiger partial charge in [0.25, 0.3) is 5.91 Å². The first kappa shape index (κ1) is 13.6. The Morgan fingerprint density at radius 3 is 2.47 bits per heavy atom. The predicted molar refractivity (Wildman–Crippen MR) is 74.8 cm³/mol. The summed E-state index contributed by atoms with van der Waals surface area (Å²) in [5, 5.41) is 2.83. The van der Waals surface area contributed by atoms with Crippen LogP contribution in [-0.4, -0.2) is 11.8 Å². The normalized spacial score (nSPS) is 17.6. The standard InChI is InChI=1S/C15H20N2O2/c1-9-5-4-6-11(12(9)13(16)18)17-14(19)10-7-15(2,3)8-10/h4-6,10H,7-8H2,1-3H3,(H2,16,18)(H,17,19). The van der Waals surface area contributed by atoms with Crippen LogP contribution < -0.4 is 11.1 Å². The Morgan fingerprint density at radius 2 is 1.95 bits per heavy atom. The summed E-state index contributed by atoms with van der Waals surface area (Å²) in [6, 6.07) is 5.33. The van der Waals surface area contributed by atoms with Crippen molar-refractivity contribution in [1.82, 2.24) is 0 Å². The zero-order valence-electron chi connectivity index (χ0n) is 11.6. The third kappa shape index (κ3) is 2.78. The van der Waals surface area contributed by atoms with Crippen LogP contribution in [0.25, 0.3) is 0 Å². The molecule has 0 bridgehead atoms. The molecule has 1 aromatic carbocycles. The van der Waals surface area contributed by atoms with E-state index in [9.17, 15) is 9.59 Å². The molecule has 2 rings (SSSR count). The van der Waals surface area contributed by atoms with Gasteiger partial charge in [0.1, 0.15) is 0 Å². The van der Waals surface area contributed by atoms with Gasteiger partial charge in [-0.3, -0.25) is 9.59 Å². The summed E-state index contributed by atoms with van der Waals surface area (Å²) >= 11 is 0. The third-order valence-corrected chi connectivity index (χ3v) is 3.75. The molecule has 4 heteroatoms. The number of hydrogen-bond donors (Lipinski definition) is 2. The van der Waals surface area contributed by atoms with Gasteiger partial charge in [-0.1, -0.05) is 26.0 Å². The number of anilines is 1. The van der Waals surface area contributed by atoms with Gasteiger partial charge in [-0.15, -0.1) is 0 Å². The minimum Gasteiger partial charge on any atom is -0.366 e. The minimum atomic E-state index is -0.512. The molecule has 4 nitrogen and oxygen atoms in total. The van der Waals surface area contributed by atoms with E-state index in [1.807, 2.05) is 19.1 Å². The van der Waals surface area contributed by atoms with Crippen LogP contribution in [0.1, 0.15) is 42.6 Å². The van der Waals surface area contributed by atoms with Crippen molar-refractivity contribution in [2.24, 2.45) is 17.1 Å². The molecule has 19 heavy (non-hydrogen) atoms. The molecule has 0 atom stereocenters. The molecule has 0 heterocycles. The van der Waals surface area contributed by atoms with Gasteiger partial charge < -0.3 is 11.1 Å². The Bertz CT molecular complexity index is 527. The second-order valence-corrected chi connectivity index (χ2v) is 6.12. The molecule has 1 aliphatic carbocycles. The summed E-state index contributed by atoms with van der Waals surface area (Å²) < 4.78 is 0. The molecule has 0 spiro atoms. The number of carbonyl (C=O) groups excluding carboxylic acids is 2. The molecule has 0 unspecified atom stereocenters. The number of aryl methyl sites for hydroxylation is 1. The lowest BCUT2D eigenvalue weighted by atomic mass is 9.64. The van der Waals surface area contributed by atoms with E-state index in [1.165, 1.54) is 0 Å². The van der Waals surface area contributed by atoms with Crippen LogP contribution in [0.15, 0.2) is 18.2 Å². The molecule has 1 aliphatic rings. The number of amides is 2. The van der Waals surface area contributed by atoms with E-state index >= 15 is 0 Å². The van der Waals surface area contributed by atoms with Crippen LogP contribution >= 0.6 is 0 Å². The van der Waals surface area contributed by atoms with Crippen molar-refractivity contribution < 1.29 is 9.59 Å². The second-order valence-electron chi connectivity index (χ2n) is 6.12. The molecular weight excluding hydrogens is 240 g/mol. The molecule has 0 saturated heterocycles. The highest BCUT2D eigenvalue weighted by Gasteiger charge is 2.40. The maximum Gasteiger partial charge on any atom is 0.251 e. The zero-order chi connectivity index (χ0) is 14.2. The van der Waals surface area contributed by atoms with Gasteiger partial charge in [0.15, 0.2) is 0 Å². The Hall–Kier alpha value is -1.84. The van der Waals surface area contributed by atoms with Gasteiger partial charge >= 0.3 is 0 Å².